The summed E-state index contributed by atoms with van der Waals surface area (Å²) in [6.45, 7) is 2.09. The van der Waals surface area contributed by atoms with E-state index in [1.54, 1.807) is 18.9 Å². The molecule has 0 fully saturated rings. The van der Waals surface area contributed by atoms with Crippen LogP contribution in [-0.4, -0.2) is 27.7 Å². The number of Topliss-reactive ketones (excluding diaryl/α,β-unsaturated/α-hetero) is 1. The van der Waals surface area contributed by atoms with Crippen molar-refractivity contribution in [1.82, 2.24) is 14.8 Å². The van der Waals surface area contributed by atoms with Crippen molar-refractivity contribution in [3.05, 3.63) is 74.9 Å². The molecule has 1 unspecified atom stereocenters. The number of nitrogens with zero attached hydrogens (tertiary/aromatic N) is 3. The van der Waals surface area contributed by atoms with Crippen LogP contribution in [0.2, 0.25) is 0 Å². The number of thioether (sulfide) groups is 1. The van der Waals surface area contributed by atoms with Gasteiger partial charge in [0.1, 0.15) is 11.8 Å². The standard InChI is InChI=1S/C24H23BrN4O2S/c1-14-5-3-6-15(11-14)13-32-24-27-23-26-18-7-4-8-19(30)21(18)22(29(23)28-24)16-9-10-20(31-2)17(25)12-16/h3,5-6,9-12,22H,4,7-8,13H2,1-2H3,(H,26,27,28). The van der Waals surface area contributed by atoms with E-state index >= 15 is 0 Å². The van der Waals surface area contributed by atoms with Crippen LogP contribution in [0.15, 0.2) is 63.4 Å². The Bertz CT molecular complexity index is 1240. The average Bonchev–Trinajstić information content (AvgIpc) is 3.19. The van der Waals surface area contributed by atoms with Crippen molar-refractivity contribution < 1.29 is 9.53 Å². The zero-order valence-electron chi connectivity index (χ0n) is 17.9. The molecule has 1 atom stereocenters. The number of carbonyl (C=O) groups is 1. The molecular formula is C24H23BrN4O2S. The van der Waals surface area contributed by atoms with Gasteiger partial charge in [-0.1, -0.05) is 47.7 Å². The molecule has 5 rings (SSSR count). The van der Waals surface area contributed by atoms with Crippen LogP contribution in [0.3, 0.4) is 0 Å². The Morgan fingerprint density at radius 2 is 2.12 bits per heavy atom. The normalized spacial score (nSPS) is 17.6. The molecule has 2 aliphatic rings. The van der Waals surface area contributed by atoms with Gasteiger partial charge in [0.25, 0.3) is 0 Å². The first-order valence-electron chi connectivity index (χ1n) is 10.5. The second-order valence-corrected chi connectivity index (χ2v) is 9.83. The molecule has 1 aromatic heterocycles. The fourth-order valence-electron chi connectivity index (χ4n) is 4.31. The second kappa shape index (κ2) is 8.75. The van der Waals surface area contributed by atoms with Gasteiger partial charge >= 0.3 is 0 Å². The number of aryl methyl sites for hydroxylation is 1. The van der Waals surface area contributed by atoms with Crippen molar-refractivity contribution >= 4 is 39.4 Å². The number of aromatic nitrogens is 3. The van der Waals surface area contributed by atoms with Crippen molar-refractivity contribution in [2.24, 2.45) is 0 Å². The van der Waals surface area contributed by atoms with Gasteiger partial charge in [-0.2, -0.15) is 4.98 Å². The number of halogens is 1. The quantitative estimate of drug-likeness (QED) is 0.445. The molecule has 1 aliphatic heterocycles. The molecule has 32 heavy (non-hydrogen) atoms. The summed E-state index contributed by atoms with van der Waals surface area (Å²) in [4.78, 5) is 17.7. The Kier molecular flexibility index (Phi) is 5.82. The lowest BCUT2D eigenvalue weighted by molar-refractivity contribution is -0.116. The summed E-state index contributed by atoms with van der Waals surface area (Å²) >= 11 is 5.19. The van der Waals surface area contributed by atoms with Crippen LogP contribution in [0.5, 0.6) is 5.75 Å². The van der Waals surface area contributed by atoms with Gasteiger partial charge in [0, 0.05) is 23.4 Å². The Hall–Kier alpha value is -2.58. The van der Waals surface area contributed by atoms with Gasteiger partial charge in [-0.15, -0.1) is 5.10 Å². The number of methoxy groups -OCH3 is 1. The predicted molar refractivity (Wildman–Crippen MR) is 129 cm³/mol. The Morgan fingerprint density at radius 3 is 2.91 bits per heavy atom. The lowest BCUT2D eigenvalue weighted by atomic mass is 9.85. The van der Waals surface area contributed by atoms with E-state index in [0.717, 1.165) is 45.7 Å². The zero-order valence-corrected chi connectivity index (χ0v) is 20.3. The molecule has 2 heterocycles. The number of rotatable bonds is 5. The highest BCUT2D eigenvalue weighted by Gasteiger charge is 2.37. The minimum atomic E-state index is -0.308. The van der Waals surface area contributed by atoms with Crippen LogP contribution in [0.25, 0.3) is 0 Å². The van der Waals surface area contributed by atoms with E-state index in [-0.39, 0.29) is 11.8 Å². The molecule has 0 saturated heterocycles. The lowest BCUT2D eigenvalue weighted by Gasteiger charge is -2.32. The SMILES string of the molecule is COc1ccc(C2C3=C(CCCC3=O)Nc3nc(SCc4cccc(C)c4)nn32)cc1Br. The van der Waals surface area contributed by atoms with Gasteiger partial charge in [-0.3, -0.25) is 4.79 Å². The summed E-state index contributed by atoms with van der Waals surface area (Å²) in [6.07, 6.45) is 2.26. The fraction of sp³-hybridized carbons (Fsp3) is 0.292. The Balaban J connectivity index is 1.52. The van der Waals surface area contributed by atoms with E-state index in [0.29, 0.717) is 17.5 Å². The van der Waals surface area contributed by atoms with Crippen LogP contribution >= 0.6 is 27.7 Å². The lowest BCUT2D eigenvalue weighted by Crippen LogP contribution is -2.31. The Labute approximate surface area is 199 Å². The van der Waals surface area contributed by atoms with Gasteiger partial charge < -0.3 is 10.1 Å². The summed E-state index contributed by atoms with van der Waals surface area (Å²) in [5, 5.41) is 8.90. The molecule has 6 nitrogen and oxygen atoms in total. The molecule has 2 aromatic carbocycles. The first-order chi connectivity index (χ1) is 15.5. The maximum Gasteiger partial charge on any atom is 0.227 e. The molecule has 0 amide bonds. The number of hydrogen-bond acceptors (Lipinski definition) is 6. The monoisotopic (exact) mass is 510 g/mol. The molecular weight excluding hydrogens is 488 g/mol. The number of allylic oxidation sites excluding steroid dienone is 2. The molecule has 1 aliphatic carbocycles. The molecule has 0 spiro atoms. The van der Waals surface area contributed by atoms with Crippen molar-refractivity contribution in [3.63, 3.8) is 0 Å². The first-order valence-corrected chi connectivity index (χ1v) is 12.3. The minimum Gasteiger partial charge on any atom is -0.496 e. The highest BCUT2D eigenvalue weighted by atomic mass is 79.9. The molecule has 164 valence electrons. The van der Waals surface area contributed by atoms with E-state index in [1.807, 2.05) is 22.9 Å². The van der Waals surface area contributed by atoms with Crippen molar-refractivity contribution in [2.75, 3.05) is 12.4 Å². The molecule has 0 bridgehead atoms. The number of nitrogens with one attached hydrogen (secondary N) is 1. The smallest absolute Gasteiger partial charge is 0.227 e. The maximum absolute atomic E-state index is 13.0. The van der Waals surface area contributed by atoms with E-state index in [2.05, 4.69) is 52.4 Å². The van der Waals surface area contributed by atoms with Gasteiger partial charge in [0.2, 0.25) is 11.1 Å². The summed E-state index contributed by atoms with van der Waals surface area (Å²) in [6, 6.07) is 14.1. The van der Waals surface area contributed by atoms with Gasteiger partial charge in [-0.05, 0) is 59.0 Å². The first kappa shape index (κ1) is 21.3. The third kappa shape index (κ3) is 3.97. The summed E-state index contributed by atoms with van der Waals surface area (Å²) in [5.41, 5.74) is 5.21. The summed E-state index contributed by atoms with van der Waals surface area (Å²) in [7, 11) is 1.64. The number of ketones is 1. The van der Waals surface area contributed by atoms with Gasteiger partial charge in [0.05, 0.1) is 11.6 Å². The predicted octanol–water partition coefficient (Wildman–Crippen LogP) is 5.67. The van der Waals surface area contributed by atoms with Gasteiger partial charge in [-0.25, -0.2) is 4.68 Å². The molecule has 0 saturated carbocycles. The number of benzene rings is 2. The summed E-state index contributed by atoms with van der Waals surface area (Å²) < 4.78 is 8.10. The van der Waals surface area contributed by atoms with Crippen molar-refractivity contribution in [1.29, 1.82) is 0 Å². The number of hydrogen-bond donors (Lipinski definition) is 1. The molecule has 1 N–H and O–H groups in total. The van der Waals surface area contributed by atoms with E-state index in [1.165, 1.54) is 11.1 Å². The van der Waals surface area contributed by atoms with Crippen LogP contribution < -0.4 is 10.1 Å². The van der Waals surface area contributed by atoms with Crippen LogP contribution in [-0.2, 0) is 10.5 Å². The third-order valence-electron chi connectivity index (χ3n) is 5.79. The number of fused-ring (bicyclic) bond motifs is 1. The zero-order chi connectivity index (χ0) is 22.2. The fourth-order valence-corrected chi connectivity index (χ4v) is 5.64. The summed E-state index contributed by atoms with van der Waals surface area (Å²) in [5.74, 6) is 2.39. The number of carbonyl (C=O) groups excluding carboxylic acids is 1. The second-order valence-electron chi connectivity index (χ2n) is 8.03. The Morgan fingerprint density at radius 1 is 1.25 bits per heavy atom. The molecule has 8 heteroatoms. The number of anilines is 1. The largest absolute Gasteiger partial charge is 0.496 e. The molecule has 0 radical (unpaired) electrons. The topological polar surface area (TPSA) is 69.0 Å². The van der Waals surface area contributed by atoms with Crippen molar-refractivity contribution in [3.8, 4) is 5.75 Å². The van der Waals surface area contributed by atoms with Crippen molar-refractivity contribution in [2.45, 2.75) is 43.1 Å². The third-order valence-corrected chi connectivity index (χ3v) is 7.32. The maximum atomic E-state index is 13.0. The van der Waals surface area contributed by atoms with Crippen LogP contribution in [0.4, 0.5) is 5.95 Å². The van der Waals surface area contributed by atoms with Crippen LogP contribution in [0, 0.1) is 6.92 Å². The average molecular weight is 511 g/mol. The van der Waals surface area contributed by atoms with E-state index in [4.69, 9.17) is 14.8 Å². The number of ether oxygens (including phenoxy) is 1. The van der Waals surface area contributed by atoms with E-state index < -0.39 is 0 Å². The minimum absolute atomic E-state index is 0.172. The highest BCUT2D eigenvalue weighted by molar-refractivity contribution is 9.10. The highest BCUT2D eigenvalue weighted by Crippen LogP contribution is 2.42. The van der Waals surface area contributed by atoms with Gasteiger partial charge in [0.15, 0.2) is 5.78 Å². The molecule has 3 aromatic rings. The van der Waals surface area contributed by atoms with E-state index in [9.17, 15) is 4.79 Å². The van der Waals surface area contributed by atoms with Crippen LogP contribution in [0.1, 0.15) is 42.0 Å².